The number of carbonyl (C=O) groups excluding carboxylic acids is 1. The molecule has 0 aliphatic carbocycles. The number of rotatable bonds is 9. The minimum absolute atomic E-state index is 0.102. The zero-order valence-corrected chi connectivity index (χ0v) is 19.3. The van der Waals surface area contributed by atoms with E-state index in [0.29, 0.717) is 51.5 Å². The van der Waals surface area contributed by atoms with Crippen molar-refractivity contribution in [2.45, 2.75) is 31.2 Å². The van der Waals surface area contributed by atoms with E-state index >= 15 is 0 Å². The molecule has 1 aliphatic heterocycles. The third-order valence-corrected chi connectivity index (χ3v) is 7.51. The zero-order valence-electron chi connectivity index (χ0n) is 18.5. The first kappa shape index (κ1) is 24.2. The fraction of sp³-hybridized carbons (Fsp3) is 0.435. The van der Waals surface area contributed by atoms with Crippen molar-refractivity contribution in [2.24, 2.45) is 0 Å². The van der Waals surface area contributed by atoms with Gasteiger partial charge in [0.05, 0.1) is 17.5 Å². The van der Waals surface area contributed by atoms with Crippen LogP contribution >= 0.6 is 0 Å². The molecule has 1 heterocycles. The van der Waals surface area contributed by atoms with Gasteiger partial charge in [-0.05, 0) is 62.2 Å². The Morgan fingerprint density at radius 3 is 2.28 bits per heavy atom. The Bertz CT molecular complexity index is 989. The van der Waals surface area contributed by atoms with Crippen LogP contribution in [0.4, 0.5) is 4.39 Å². The normalized spacial score (nSPS) is 16.5. The minimum Gasteiger partial charge on any atom is -0.494 e. The molecule has 0 aromatic heterocycles. The van der Waals surface area contributed by atoms with Crippen molar-refractivity contribution in [2.75, 3.05) is 39.3 Å². The van der Waals surface area contributed by atoms with Crippen LogP contribution in [-0.4, -0.2) is 68.9 Å². The predicted molar refractivity (Wildman–Crippen MR) is 121 cm³/mol. The van der Waals surface area contributed by atoms with E-state index in [0.717, 1.165) is 5.56 Å². The third kappa shape index (κ3) is 6.05. The van der Waals surface area contributed by atoms with Crippen molar-refractivity contribution in [3.05, 3.63) is 59.9 Å². The van der Waals surface area contributed by atoms with E-state index in [9.17, 15) is 17.6 Å². The quantitative estimate of drug-likeness (QED) is 0.617. The number of piperazine rings is 1. The lowest BCUT2D eigenvalue weighted by Crippen LogP contribution is -2.55. The zero-order chi connectivity index (χ0) is 23.1. The largest absolute Gasteiger partial charge is 0.494 e. The van der Waals surface area contributed by atoms with Gasteiger partial charge in [-0.15, -0.1) is 0 Å². The van der Waals surface area contributed by atoms with Crippen LogP contribution in [-0.2, 0) is 21.2 Å². The summed E-state index contributed by atoms with van der Waals surface area (Å²) in [6.45, 7) is 6.27. The highest BCUT2D eigenvalue weighted by molar-refractivity contribution is 7.89. The fourth-order valence-corrected chi connectivity index (χ4v) is 5.07. The van der Waals surface area contributed by atoms with E-state index in [2.05, 4.69) is 5.32 Å². The van der Waals surface area contributed by atoms with Crippen molar-refractivity contribution in [3.63, 3.8) is 0 Å². The molecular weight excluding hydrogens is 433 g/mol. The van der Waals surface area contributed by atoms with E-state index in [1.807, 2.05) is 18.7 Å². The van der Waals surface area contributed by atoms with E-state index < -0.39 is 10.0 Å². The highest BCUT2D eigenvalue weighted by atomic mass is 32.2. The number of halogens is 1. The number of sulfonamides is 1. The molecule has 1 atom stereocenters. The van der Waals surface area contributed by atoms with Gasteiger partial charge in [0.1, 0.15) is 11.6 Å². The average molecular weight is 464 g/mol. The molecule has 174 valence electrons. The van der Waals surface area contributed by atoms with Crippen molar-refractivity contribution in [1.82, 2.24) is 14.5 Å². The van der Waals surface area contributed by atoms with E-state index in [-0.39, 0.29) is 22.7 Å². The minimum atomic E-state index is -3.59. The maximum atomic E-state index is 13.0. The number of nitrogens with zero attached hydrogens (tertiary/aromatic N) is 2. The lowest BCUT2D eigenvalue weighted by molar-refractivity contribution is -0.126. The summed E-state index contributed by atoms with van der Waals surface area (Å²) in [7, 11) is -3.59. The van der Waals surface area contributed by atoms with Gasteiger partial charge in [-0.1, -0.05) is 12.1 Å². The third-order valence-electron chi connectivity index (χ3n) is 5.60. The Kier molecular flexibility index (Phi) is 8.22. The van der Waals surface area contributed by atoms with E-state index in [1.165, 1.54) is 16.4 Å². The summed E-state index contributed by atoms with van der Waals surface area (Å²) in [6.07, 6.45) is 0.618. The molecule has 3 rings (SSSR count). The molecule has 1 saturated heterocycles. The predicted octanol–water partition coefficient (Wildman–Crippen LogP) is 2.28. The van der Waals surface area contributed by atoms with Crippen LogP contribution < -0.4 is 10.1 Å². The molecule has 1 fully saturated rings. The topological polar surface area (TPSA) is 79.0 Å². The number of hydrogen-bond donors (Lipinski definition) is 1. The maximum absolute atomic E-state index is 13.0. The lowest BCUT2D eigenvalue weighted by atomic mass is 10.1. The molecule has 1 unspecified atom stereocenters. The molecule has 1 amide bonds. The molecule has 0 bridgehead atoms. The first-order valence-electron chi connectivity index (χ1n) is 10.8. The van der Waals surface area contributed by atoms with Gasteiger partial charge in [-0.2, -0.15) is 4.31 Å². The van der Waals surface area contributed by atoms with Gasteiger partial charge in [-0.25, -0.2) is 12.8 Å². The second-order valence-corrected chi connectivity index (χ2v) is 9.63. The van der Waals surface area contributed by atoms with Crippen molar-refractivity contribution < 1.29 is 22.3 Å². The first-order valence-corrected chi connectivity index (χ1v) is 12.2. The van der Waals surface area contributed by atoms with Crippen LogP contribution in [0.1, 0.15) is 19.4 Å². The van der Waals surface area contributed by atoms with Crippen molar-refractivity contribution >= 4 is 15.9 Å². The average Bonchev–Trinajstić information content (AvgIpc) is 2.80. The summed E-state index contributed by atoms with van der Waals surface area (Å²) in [5, 5.41) is 2.91. The monoisotopic (exact) mass is 463 g/mol. The van der Waals surface area contributed by atoms with Gasteiger partial charge in [0, 0.05) is 32.7 Å². The summed E-state index contributed by atoms with van der Waals surface area (Å²) >= 11 is 0. The highest BCUT2D eigenvalue weighted by Gasteiger charge is 2.31. The molecule has 0 radical (unpaired) electrons. The smallest absolute Gasteiger partial charge is 0.243 e. The highest BCUT2D eigenvalue weighted by Crippen LogP contribution is 2.21. The molecule has 2 aromatic rings. The van der Waals surface area contributed by atoms with Crippen molar-refractivity contribution in [1.29, 1.82) is 0 Å². The van der Waals surface area contributed by atoms with Crippen LogP contribution in [0, 0.1) is 5.82 Å². The van der Waals surface area contributed by atoms with Gasteiger partial charge in [0.2, 0.25) is 15.9 Å². The lowest BCUT2D eigenvalue weighted by Gasteiger charge is -2.36. The van der Waals surface area contributed by atoms with E-state index in [1.54, 1.807) is 36.4 Å². The Morgan fingerprint density at radius 2 is 1.69 bits per heavy atom. The number of ether oxygens (including phenoxy) is 1. The van der Waals surface area contributed by atoms with Gasteiger partial charge >= 0.3 is 0 Å². The van der Waals surface area contributed by atoms with Crippen LogP contribution in [0.5, 0.6) is 5.75 Å². The summed E-state index contributed by atoms with van der Waals surface area (Å²) in [4.78, 5) is 14.7. The van der Waals surface area contributed by atoms with Gasteiger partial charge in [0.15, 0.2) is 0 Å². The molecule has 0 spiro atoms. The van der Waals surface area contributed by atoms with Crippen molar-refractivity contribution in [3.8, 4) is 5.75 Å². The number of nitrogens with one attached hydrogen (secondary N) is 1. The molecule has 7 nitrogen and oxygen atoms in total. The summed E-state index contributed by atoms with van der Waals surface area (Å²) in [5.74, 6) is 0.251. The Morgan fingerprint density at radius 1 is 1.06 bits per heavy atom. The molecule has 1 N–H and O–H groups in total. The standard InChI is InChI=1S/C23H30FN3O4S/c1-3-31-21-8-10-22(11-9-21)32(29,30)27-16-14-26(15-17-27)18(2)23(28)25-13-12-19-4-6-20(24)7-5-19/h4-11,18H,3,12-17H2,1-2H3,(H,25,28). The fourth-order valence-electron chi connectivity index (χ4n) is 3.65. The second kappa shape index (κ2) is 10.9. The number of hydrogen-bond acceptors (Lipinski definition) is 5. The number of amides is 1. The first-order chi connectivity index (χ1) is 15.3. The van der Waals surface area contributed by atoms with Crippen LogP contribution in [0.15, 0.2) is 53.4 Å². The maximum Gasteiger partial charge on any atom is 0.243 e. The second-order valence-electron chi connectivity index (χ2n) is 7.69. The summed E-state index contributed by atoms with van der Waals surface area (Å²) < 4.78 is 45.7. The van der Waals surface area contributed by atoms with E-state index in [4.69, 9.17) is 4.74 Å². The van der Waals surface area contributed by atoms with Crippen LogP contribution in [0.25, 0.3) is 0 Å². The molecule has 32 heavy (non-hydrogen) atoms. The van der Waals surface area contributed by atoms with Crippen LogP contribution in [0.3, 0.4) is 0 Å². The number of carbonyl (C=O) groups is 1. The Balaban J connectivity index is 1.48. The SMILES string of the molecule is CCOc1ccc(S(=O)(=O)N2CCN(C(C)C(=O)NCCc3ccc(F)cc3)CC2)cc1. The summed E-state index contributed by atoms with van der Waals surface area (Å²) in [6, 6.07) is 12.3. The molecule has 2 aromatic carbocycles. The van der Waals surface area contributed by atoms with Gasteiger partial charge in [-0.3, -0.25) is 9.69 Å². The Hall–Kier alpha value is -2.49. The Labute approximate surface area is 189 Å². The number of benzene rings is 2. The molecular formula is C23H30FN3O4S. The molecule has 0 saturated carbocycles. The molecule has 1 aliphatic rings. The van der Waals surface area contributed by atoms with Gasteiger partial charge < -0.3 is 10.1 Å². The van der Waals surface area contributed by atoms with Gasteiger partial charge in [0.25, 0.3) is 0 Å². The molecule has 9 heteroatoms. The summed E-state index contributed by atoms with van der Waals surface area (Å²) in [5.41, 5.74) is 0.951. The van der Waals surface area contributed by atoms with Crippen LogP contribution in [0.2, 0.25) is 0 Å².